The van der Waals surface area contributed by atoms with Crippen LogP contribution in [0.2, 0.25) is 10.0 Å². The first-order valence-corrected chi connectivity index (χ1v) is 6.59. The molecule has 0 atom stereocenters. The molecule has 0 unspecified atom stereocenters. The second kappa shape index (κ2) is 5.75. The van der Waals surface area contributed by atoms with E-state index in [0.29, 0.717) is 11.3 Å². The Bertz CT molecular complexity index is 741. The Balaban J connectivity index is 2.42. The third-order valence-electron chi connectivity index (χ3n) is 3.00. The van der Waals surface area contributed by atoms with E-state index in [-0.39, 0.29) is 21.3 Å². The highest BCUT2D eigenvalue weighted by Crippen LogP contribution is 2.30. The van der Waals surface area contributed by atoms with Gasteiger partial charge in [-0.1, -0.05) is 23.2 Å². The molecule has 2 N–H and O–H groups in total. The lowest BCUT2D eigenvalue weighted by Crippen LogP contribution is -2.16. The average molecular weight is 328 g/mol. The van der Waals surface area contributed by atoms with Crippen molar-refractivity contribution in [3.63, 3.8) is 0 Å². The second-order valence-corrected chi connectivity index (χ2v) is 5.18. The highest BCUT2D eigenvalue weighted by Gasteiger charge is 2.20. The number of nitrogens with zero attached hydrogens (tertiary/aromatic N) is 2. The maximum atomic E-state index is 12.2. The van der Waals surface area contributed by atoms with Crippen molar-refractivity contribution in [3.8, 4) is 0 Å². The van der Waals surface area contributed by atoms with Crippen molar-refractivity contribution in [1.29, 1.82) is 0 Å². The summed E-state index contributed by atoms with van der Waals surface area (Å²) >= 11 is 11.7. The van der Waals surface area contributed by atoms with E-state index in [1.165, 1.54) is 23.0 Å². The zero-order valence-corrected chi connectivity index (χ0v) is 12.7. The van der Waals surface area contributed by atoms with Crippen LogP contribution in [-0.2, 0) is 7.05 Å². The van der Waals surface area contributed by atoms with Crippen LogP contribution in [0.4, 0.5) is 5.69 Å². The summed E-state index contributed by atoms with van der Waals surface area (Å²) in [6.07, 6.45) is 1.40. The number of nitrogens with one attached hydrogen (secondary N) is 1. The minimum Gasteiger partial charge on any atom is -0.478 e. The maximum Gasteiger partial charge on any atom is 0.337 e. The zero-order valence-electron chi connectivity index (χ0n) is 11.1. The van der Waals surface area contributed by atoms with Gasteiger partial charge in [-0.25, -0.2) is 4.79 Å². The van der Waals surface area contributed by atoms with Crippen LogP contribution in [0, 0.1) is 6.92 Å². The molecule has 0 aliphatic heterocycles. The Morgan fingerprint density at radius 1 is 1.29 bits per heavy atom. The number of carboxylic acids is 1. The van der Waals surface area contributed by atoms with Crippen molar-refractivity contribution < 1.29 is 14.7 Å². The van der Waals surface area contributed by atoms with Gasteiger partial charge in [-0.05, 0) is 19.1 Å². The van der Waals surface area contributed by atoms with Crippen LogP contribution >= 0.6 is 23.2 Å². The van der Waals surface area contributed by atoms with E-state index >= 15 is 0 Å². The number of aryl methyl sites for hydroxylation is 1. The van der Waals surface area contributed by atoms with Gasteiger partial charge in [-0.2, -0.15) is 5.10 Å². The molecular weight excluding hydrogens is 317 g/mol. The van der Waals surface area contributed by atoms with Gasteiger partial charge in [0.1, 0.15) is 0 Å². The molecule has 0 fully saturated rings. The van der Waals surface area contributed by atoms with Crippen LogP contribution in [0.1, 0.15) is 26.4 Å². The number of carbonyl (C=O) groups excluding carboxylic acids is 1. The number of rotatable bonds is 3. The molecule has 6 nitrogen and oxygen atoms in total. The summed E-state index contributed by atoms with van der Waals surface area (Å²) in [6.45, 7) is 1.73. The first-order chi connectivity index (χ1) is 9.81. The van der Waals surface area contributed by atoms with Gasteiger partial charge in [0.25, 0.3) is 5.91 Å². The third kappa shape index (κ3) is 3.01. The molecule has 0 aliphatic rings. The van der Waals surface area contributed by atoms with Crippen LogP contribution in [0.3, 0.4) is 0 Å². The van der Waals surface area contributed by atoms with Crippen LogP contribution in [-0.4, -0.2) is 26.8 Å². The number of anilines is 1. The molecule has 1 aromatic heterocycles. The average Bonchev–Trinajstić information content (AvgIpc) is 2.72. The molecule has 1 amide bonds. The van der Waals surface area contributed by atoms with Gasteiger partial charge in [0, 0.05) is 17.8 Å². The summed E-state index contributed by atoms with van der Waals surface area (Å²) in [5, 5.41) is 15.8. The van der Waals surface area contributed by atoms with E-state index in [0.717, 1.165) is 0 Å². The predicted octanol–water partition coefficient (Wildman–Crippen LogP) is 2.99. The second-order valence-electron chi connectivity index (χ2n) is 4.34. The van der Waals surface area contributed by atoms with Gasteiger partial charge in [0.15, 0.2) is 0 Å². The Morgan fingerprint density at radius 2 is 1.95 bits per heavy atom. The van der Waals surface area contributed by atoms with Crippen molar-refractivity contribution in [3.05, 3.63) is 45.2 Å². The van der Waals surface area contributed by atoms with Gasteiger partial charge < -0.3 is 10.4 Å². The molecule has 2 rings (SSSR count). The highest BCUT2D eigenvalue weighted by atomic mass is 35.5. The molecule has 0 radical (unpaired) electrons. The molecule has 21 heavy (non-hydrogen) atoms. The van der Waals surface area contributed by atoms with Gasteiger partial charge in [-0.15, -0.1) is 0 Å². The van der Waals surface area contributed by atoms with Crippen molar-refractivity contribution in [2.45, 2.75) is 6.92 Å². The topological polar surface area (TPSA) is 84.2 Å². The molecule has 8 heteroatoms. The van der Waals surface area contributed by atoms with Gasteiger partial charge in [-0.3, -0.25) is 9.48 Å². The Morgan fingerprint density at radius 3 is 2.48 bits per heavy atom. The van der Waals surface area contributed by atoms with Gasteiger partial charge in [0.05, 0.1) is 28.0 Å². The SMILES string of the molecule is Cc1c(C(=O)Nc2c(Cl)cc(Cl)cc2C(=O)O)cnn1C. The fourth-order valence-corrected chi connectivity index (χ4v) is 2.31. The monoisotopic (exact) mass is 327 g/mol. The lowest BCUT2D eigenvalue weighted by Gasteiger charge is -2.11. The fourth-order valence-electron chi connectivity index (χ4n) is 1.77. The Kier molecular flexibility index (Phi) is 4.20. The summed E-state index contributed by atoms with van der Waals surface area (Å²) in [6, 6.07) is 2.59. The number of amides is 1. The molecule has 0 saturated carbocycles. The van der Waals surface area contributed by atoms with Crippen LogP contribution < -0.4 is 5.32 Å². The lowest BCUT2D eigenvalue weighted by atomic mass is 10.1. The number of aromatic carboxylic acids is 1. The number of benzene rings is 1. The molecule has 0 aliphatic carbocycles. The summed E-state index contributed by atoms with van der Waals surface area (Å²) in [5.74, 6) is -1.73. The molecule has 0 spiro atoms. The van der Waals surface area contributed by atoms with Crippen LogP contribution in [0.25, 0.3) is 0 Å². The largest absolute Gasteiger partial charge is 0.478 e. The summed E-state index contributed by atoms with van der Waals surface area (Å²) in [5.41, 5.74) is 0.804. The normalized spacial score (nSPS) is 10.5. The zero-order chi connectivity index (χ0) is 15.7. The van der Waals surface area contributed by atoms with Gasteiger partial charge >= 0.3 is 5.97 Å². The van der Waals surface area contributed by atoms with Crippen molar-refractivity contribution >= 4 is 40.8 Å². The van der Waals surface area contributed by atoms with E-state index < -0.39 is 11.9 Å². The minimum absolute atomic E-state index is 0.00168. The van der Waals surface area contributed by atoms with Crippen LogP contribution in [0.15, 0.2) is 18.3 Å². The molecular formula is C13H11Cl2N3O3. The van der Waals surface area contributed by atoms with Crippen molar-refractivity contribution in [1.82, 2.24) is 9.78 Å². The lowest BCUT2D eigenvalue weighted by molar-refractivity contribution is 0.0698. The summed E-state index contributed by atoms with van der Waals surface area (Å²) in [7, 11) is 1.70. The first kappa shape index (κ1) is 15.3. The maximum absolute atomic E-state index is 12.2. The number of halogens is 2. The van der Waals surface area contributed by atoms with Crippen molar-refractivity contribution in [2.24, 2.45) is 7.05 Å². The molecule has 2 aromatic rings. The first-order valence-electron chi connectivity index (χ1n) is 5.83. The highest BCUT2D eigenvalue weighted by molar-refractivity contribution is 6.38. The quantitative estimate of drug-likeness (QED) is 0.907. The van der Waals surface area contributed by atoms with E-state index in [1.807, 2.05) is 0 Å². The minimum atomic E-state index is -1.24. The molecule has 1 heterocycles. The number of carbonyl (C=O) groups is 2. The molecule has 110 valence electrons. The molecule has 1 aromatic carbocycles. The predicted molar refractivity (Wildman–Crippen MR) is 79.3 cm³/mol. The summed E-state index contributed by atoms with van der Waals surface area (Å²) < 4.78 is 1.54. The van der Waals surface area contributed by atoms with Gasteiger partial charge in [0.2, 0.25) is 0 Å². The Labute approximate surface area is 130 Å². The molecule has 0 bridgehead atoms. The van der Waals surface area contributed by atoms with E-state index in [9.17, 15) is 14.7 Å². The van der Waals surface area contributed by atoms with Crippen molar-refractivity contribution in [2.75, 3.05) is 5.32 Å². The Hall–Kier alpha value is -2.05. The fraction of sp³-hybridized carbons (Fsp3) is 0.154. The van der Waals surface area contributed by atoms with E-state index in [1.54, 1.807) is 14.0 Å². The molecule has 0 saturated heterocycles. The number of hydrogen-bond acceptors (Lipinski definition) is 3. The van der Waals surface area contributed by atoms with E-state index in [2.05, 4.69) is 10.4 Å². The smallest absolute Gasteiger partial charge is 0.337 e. The van der Waals surface area contributed by atoms with Crippen LogP contribution in [0.5, 0.6) is 0 Å². The third-order valence-corrected chi connectivity index (χ3v) is 3.52. The van der Waals surface area contributed by atoms with E-state index in [4.69, 9.17) is 23.2 Å². The number of hydrogen-bond donors (Lipinski definition) is 2. The summed E-state index contributed by atoms with van der Waals surface area (Å²) in [4.78, 5) is 23.4. The number of carboxylic acid groups (broad SMARTS) is 1. The number of aromatic nitrogens is 2. The standard InChI is InChI=1S/C13H11Cl2N3O3/c1-6-9(5-16-18(6)2)12(19)17-11-8(13(20)21)3-7(14)4-10(11)15/h3-5H,1-2H3,(H,17,19)(H,20,21).